The average Bonchev–Trinajstić information content (AvgIpc) is 2.52. The first-order chi connectivity index (χ1) is 10.1. The highest BCUT2D eigenvalue weighted by Gasteiger charge is 2.41. The fourth-order valence-corrected chi connectivity index (χ4v) is 2.71. The van der Waals surface area contributed by atoms with E-state index in [-0.39, 0.29) is 11.8 Å². The summed E-state index contributed by atoms with van der Waals surface area (Å²) in [7, 11) is 0. The Bertz CT molecular complexity index is 553. The highest BCUT2D eigenvalue weighted by molar-refractivity contribution is 6.02. The molecule has 21 heavy (non-hydrogen) atoms. The molecule has 2 aliphatic rings. The number of hydrogen-bond donors (Lipinski definition) is 2. The number of nitrogens with zero attached hydrogens (tertiary/aromatic N) is 3. The lowest BCUT2D eigenvalue weighted by molar-refractivity contribution is -0.137. The van der Waals surface area contributed by atoms with Crippen LogP contribution in [0.25, 0.3) is 0 Å². The smallest absolute Gasteiger partial charge is 0.238 e. The maximum absolute atomic E-state index is 12.1. The maximum Gasteiger partial charge on any atom is 0.238 e. The molecule has 2 amide bonds. The number of aromatic nitrogens is 2. The lowest BCUT2D eigenvalue weighted by Gasteiger charge is -2.32. The van der Waals surface area contributed by atoms with Gasteiger partial charge in [0.05, 0.1) is 23.5 Å². The Morgan fingerprint density at radius 3 is 2.57 bits per heavy atom. The molecule has 2 fully saturated rings. The first-order valence-corrected chi connectivity index (χ1v) is 7.22. The van der Waals surface area contributed by atoms with Gasteiger partial charge >= 0.3 is 0 Å². The zero-order valence-electron chi connectivity index (χ0n) is 12.1. The van der Waals surface area contributed by atoms with E-state index in [2.05, 4.69) is 25.5 Å². The molecule has 0 bridgehead atoms. The number of carbonyl (C=O) groups excluding carboxylic acids is 2. The Labute approximate surface area is 123 Å². The summed E-state index contributed by atoms with van der Waals surface area (Å²) >= 11 is 0. The topological polar surface area (TPSA) is 87.2 Å². The lowest BCUT2D eigenvalue weighted by atomic mass is 9.79. The molecule has 7 nitrogen and oxygen atoms in total. The Morgan fingerprint density at radius 2 is 1.95 bits per heavy atom. The molecule has 1 aromatic heterocycles. The molecule has 1 atom stereocenters. The van der Waals surface area contributed by atoms with E-state index in [9.17, 15) is 9.59 Å². The molecule has 0 spiro atoms. The van der Waals surface area contributed by atoms with Crippen molar-refractivity contribution in [3.63, 3.8) is 0 Å². The Morgan fingerprint density at radius 1 is 1.19 bits per heavy atom. The van der Waals surface area contributed by atoms with Gasteiger partial charge in [0, 0.05) is 32.6 Å². The summed E-state index contributed by atoms with van der Waals surface area (Å²) in [6, 6.07) is 0. The van der Waals surface area contributed by atoms with Crippen LogP contribution in [-0.4, -0.2) is 48.0 Å². The van der Waals surface area contributed by atoms with Crippen LogP contribution in [0.5, 0.6) is 0 Å². The molecule has 7 heteroatoms. The van der Waals surface area contributed by atoms with E-state index in [1.807, 2.05) is 6.92 Å². The third-order valence-electron chi connectivity index (χ3n) is 4.25. The fourth-order valence-electron chi connectivity index (χ4n) is 2.71. The minimum atomic E-state index is -0.775. The normalized spacial score (nSPS) is 26.6. The van der Waals surface area contributed by atoms with E-state index in [4.69, 9.17) is 0 Å². The van der Waals surface area contributed by atoms with Gasteiger partial charge in [0.2, 0.25) is 11.8 Å². The summed E-state index contributed by atoms with van der Waals surface area (Å²) in [4.78, 5) is 34.4. The minimum Gasteiger partial charge on any atom is -0.353 e. The van der Waals surface area contributed by atoms with E-state index in [0.29, 0.717) is 18.5 Å². The minimum absolute atomic E-state index is 0.220. The molecule has 3 heterocycles. The molecule has 3 rings (SSSR count). The van der Waals surface area contributed by atoms with Crippen LogP contribution >= 0.6 is 0 Å². The third-order valence-corrected chi connectivity index (χ3v) is 4.25. The largest absolute Gasteiger partial charge is 0.353 e. The van der Waals surface area contributed by atoms with Crippen molar-refractivity contribution < 1.29 is 9.59 Å². The van der Waals surface area contributed by atoms with Gasteiger partial charge in [-0.05, 0) is 13.3 Å². The molecule has 2 N–H and O–H groups in total. The first-order valence-electron chi connectivity index (χ1n) is 7.22. The number of rotatable bonds is 2. The number of piperazine rings is 1. The van der Waals surface area contributed by atoms with Gasteiger partial charge in [-0.3, -0.25) is 19.9 Å². The molecule has 2 saturated heterocycles. The van der Waals surface area contributed by atoms with Crippen LogP contribution in [0.15, 0.2) is 12.4 Å². The molecular weight excluding hydrogens is 270 g/mol. The summed E-state index contributed by atoms with van der Waals surface area (Å²) < 4.78 is 0. The van der Waals surface area contributed by atoms with Crippen LogP contribution in [0.4, 0.5) is 5.82 Å². The van der Waals surface area contributed by atoms with Crippen LogP contribution in [0.1, 0.15) is 25.5 Å². The van der Waals surface area contributed by atoms with Crippen LogP contribution < -0.4 is 15.5 Å². The Hall–Kier alpha value is -2.02. The standard InChI is InChI=1S/C14H19N5O2/c1-14(3-2-12(20)18-13(14)21)10-8-17-11(9-16-10)19-6-4-15-5-7-19/h8-9,15H,2-7H2,1H3,(H,18,20,21)/t14-/m1/s1. The molecule has 112 valence electrons. The summed E-state index contributed by atoms with van der Waals surface area (Å²) in [5.74, 6) is 0.321. The SMILES string of the molecule is C[C@]1(c2cnc(N3CCNCC3)cn2)CCC(=O)NC1=O. The zero-order valence-corrected chi connectivity index (χ0v) is 12.1. The van der Waals surface area contributed by atoms with Gasteiger partial charge in [0.1, 0.15) is 5.82 Å². The van der Waals surface area contributed by atoms with Gasteiger partial charge in [-0.25, -0.2) is 4.98 Å². The summed E-state index contributed by atoms with van der Waals surface area (Å²) in [5, 5.41) is 5.67. The molecule has 2 aliphatic heterocycles. The Kier molecular flexibility index (Phi) is 3.59. The monoisotopic (exact) mass is 289 g/mol. The summed E-state index contributed by atoms with van der Waals surface area (Å²) in [6.07, 6.45) is 4.19. The van der Waals surface area contributed by atoms with Crippen molar-refractivity contribution in [2.45, 2.75) is 25.2 Å². The second kappa shape index (κ2) is 5.40. The van der Waals surface area contributed by atoms with E-state index in [1.165, 1.54) is 0 Å². The molecule has 0 aliphatic carbocycles. The van der Waals surface area contributed by atoms with Gasteiger partial charge in [0.15, 0.2) is 0 Å². The van der Waals surface area contributed by atoms with Crippen LogP contribution in [0.3, 0.4) is 0 Å². The zero-order chi connectivity index (χ0) is 14.9. The number of nitrogens with one attached hydrogen (secondary N) is 2. The number of amides is 2. The lowest BCUT2D eigenvalue weighted by Crippen LogP contribution is -2.50. The van der Waals surface area contributed by atoms with Gasteiger partial charge in [-0.15, -0.1) is 0 Å². The van der Waals surface area contributed by atoms with Crippen molar-refractivity contribution >= 4 is 17.6 Å². The van der Waals surface area contributed by atoms with Crippen molar-refractivity contribution in [2.75, 3.05) is 31.1 Å². The van der Waals surface area contributed by atoms with Crippen molar-refractivity contribution in [3.8, 4) is 0 Å². The van der Waals surface area contributed by atoms with E-state index in [0.717, 1.165) is 32.0 Å². The molecule has 1 aromatic rings. The van der Waals surface area contributed by atoms with Crippen molar-refractivity contribution in [2.24, 2.45) is 0 Å². The molecule has 0 unspecified atom stereocenters. The van der Waals surface area contributed by atoms with E-state index >= 15 is 0 Å². The van der Waals surface area contributed by atoms with Gasteiger partial charge in [-0.1, -0.05) is 0 Å². The van der Waals surface area contributed by atoms with Crippen molar-refractivity contribution in [1.29, 1.82) is 0 Å². The van der Waals surface area contributed by atoms with Crippen LogP contribution in [0.2, 0.25) is 0 Å². The molecular formula is C14H19N5O2. The number of hydrogen-bond acceptors (Lipinski definition) is 6. The van der Waals surface area contributed by atoms with E-state index in [1.54, 1.807) is 12.4 Å². The highest BCUT2D eigenvalue weighted by atomic mass is 16.2. The second-order valence-corrected chi connectivity index (χ2v) is 5.71. The Balaban J connectivity index is 1.80. The summed E-state index contributed by atoms with van der Waals surface area (Å²) in [5.41, 5.74) is -0.158. The number of imide groups is 1. The van der Waals surface area contributed by atoms with Crippen molar-refractivity contribution in [1.82, 2.24) is 20.6 Å². The second-order valence-electron chi connectivity index (χ2n) is 5.71. The van der Waals surface area contributed by atoms with Crippen LogP contribution in [-0.2, 0) is 15.0 Å². The fraction of sp³-hybridized carbons (Fsp3) is 0.571. The third kappa shape index (κ3) is 2.61. The number of piperidine rings is 1. The molecule has 0 saturated carbocycles. The molecule has 0 radical (unpaired) electrons. The number of anilines is 1. The highest BCUT2D eigenvalue weighted by Crippen LogP contribution is 2.30. The summed E-state index contributed by atoms with van der Waals surface area (Å²) in [6.45, 7) is 5.49. The van der Waals surface area contributed by atoms with Crippen LogP contribution in [0, 0.1) is 0 Å². The average molecular weight is 289 g/mol. The quantitative estimate of drug-likeness (QED) is 0.719. The predicted molar refractivity (Wildman–Crippen MR) is 76.9 cm³/mol. The van der Waals surface area contributed by atoms with Gasteiger partial charge < -0.3 is 10.2 Å². The predicted octanol–water partition coefficient (Wildman–Crippen LogP) is -0.419. The van der Waals surface area contributed by atoms with Gasteiger partial charge in [0.25, 0.3) is 0 Å². The van der Waals surface area contributed by atoms with E-state index < -0.39 is 5.41 Å². The first kappa shape index (κ1) is 13.9. The number of carbonyl (C=O) groups is 2. The van der Waals surface area contributed by atoms with Crippen molar-refractivity contribution in [3.05, 3.63) is 18.1 Å². The molecule has 0 aromatic carbocycles. The van der Waals surface area contributed by atoms with Gasteiger partial charge in [-0.2, -0.15) is 0 Å². The maximum atomic E-state index is 12.1.